The lowest BCUT2D eigenvalue weighted by Gasteiger charge is -1.80. The van der Waals surface area contributed by atoms with E-state index < -0.39 is 5.78 Å². The van der Waals surface area contributed by atoms with Gasteiger partial charge in [-0.3, -0.25) is 9.59 Å². The molecule has 0 spiro atoms. The number of hydrogen-bond donors (Lipinski definition) is 1. The van der Waals surface area contributed by atoms with Crippen molar-refractivity contribution in [2.45, 2.75) is 6.42 Å². The molecule has 40 valence electrons. The average molecular weight is 101 g/mol. The predicted molar refractivity (Wildman–Crippen MR) is 24.7 cm³/mol. The van der Waals surface area contributed by atoms with Crippen molar-refractivity contribution in [3.63, 3.8) is 0 Å². The molecule has 0 aromatic rings. The van der Waals surface area contributed by atoms with Crippen molar-refractivity contribution < 1.29 is 9.59 Å². The van der Waals surface area contributed by atoms with Crippen LogP contribution >= 0.6 is 0 Å². The van der Waals surface area contributed by atoms with Gasteiger partial charge in [-0.05, 0) is 6.54 Å². The summed E-state index contributed by atoms with van der Waals surface area (Å²) >= 11 is 0. The molecule has 0 rings (SSSR count). The highest BCUT2D eigenvalue weighted by molar-refractivity contribution is 6.24. The van der Waals surface area contributed by atoms with Crippen LogP contribution in [0.1, 0.15) is 6.42 Å². The molecule has 0 amide bonds. The normalized spacial score (nSPS) is 8.14. The largest absolute Gasteiger partial charge is 0.330 e. The van der Waals surface area contributed by atoms with Crippen LogP contribution in [0.25, 0.3) is 0 Å². The lowest BCUT2D eigenvalue weighted by molar-refractivity contribution is -0.129. The smallest absolute Gasteiger partial charge is 0.196 e. The zero-order valence-electron chi connectivity index (χ0n) is 3.89. The standard InChI is InChI=1S/C4H7NO2/c5-2-1-4(7)3-6/h3H,1-2,5H2. The summed E-state index contributed by atoms with van der Waals surface area (Å²) in [6.07, 6.45) is 0.455. The molecule has 0 saturated carbocycles. The van der Waals surface area contributed by atoms with Gasteiger partial charge in [-0.1, -0.05) is 0 Å². The highest BCUT2D eigenvalue weighted by atomic mass is 16.2. The molecule has 0 unspecified atom stereocenters. The molecule has 0 aliphatic carbocycles. The second kappa shape index (κ2) is 3.49. The number of carbonyl (C=O) groups excluding carboxylic acids is 2. The summed E-state index contributed by atoms with van der Waals surface area (Å²) in [4.78, 5) is 19.5. The van der Waals surface area contributed by atoms with Crippen LogP contribution < -0.4 is 5.73 Å². The predicted octanol–water partition coefficient (Wildman–Crippen LogP) is -0.897. The molecule has 7 heavy (non-hydrogen) atoms. The number of Topliss-reactive ketones (excluding diaryl/α,β-unsaturated/α-hetero) is 1. The molecule has 0 bridgehead atoms. The zero-order valence-corrected chi connectivity index (χ0v) is 3.89. The van der Waals surface area contributed by atoms with E-state index in [0.29, 0.717) is 0 Å². The maximum absolute atomic E-state index is 9.96. The van der Waals surface area contributed by atoms with Gasteiger partial charge in [-0.15, -0.1) is 0 Å². The van der Waals surface area contributed by atoms with Crippen molar-refractivity contribution in [1.82, 2.24) is 0 Å². The van der Waals surface area contributed by atoms with Crippen molar-refractivity contribution in [3.05, 3.63) is 0 Å². The van der Waals surface area contributed by atoms with Crippen LogP contribution in [0.2, 0.25) is 0 Å². The molecule has 0 aliphatic rings. The second-order valence-corrected chi connectivity index (χ2v) is 1.12. The summed E-state index contributed by atoms with van der Waals surface area (Å²) in [5.74, 6) is -0.428. The van der Waals surface area contributed by atoms with Crippen LogP contribution in [0.5, 0.6) is 0 Å². The molecule has 0 heterocycles. The maximum atomic E-state index is 9.96. The Morgan fingerprint density at radius 2 is 2.29 bits per heavy atom. The highest BCUT2D eigenvalue weighted by Gasteiger charge is 1.92. The SMILES string of the molecule is NCCC(=O)C=O. The molecule has 0 fully saturated rings. The summed E-state index contributed by atoms with van der Waals surface area (Å²) < 4.78 is 0. The summed E-state index contributed by atoms with van der Waals surface area (Å²) in [7, 11) is 0. The first kappa shape index (κ1) is 6.30. The number of carbonyl (C=O) groups is 2. The van der Waals surface area contributed by atoms with E-state index in [-0.39, 0.29) is 19.3 Å². The Balaban J connectivity index is 3.17. The summed E-state index contributed by atoms with van der Waals surface area (Å²) in [5, 5.41) is 0. The average Bonchev–Trinajstić information content (AvgIpc) is 1.68. The number of rotatable bonds is 3. The first-order chi connectivity index (χ1) is 3.31. The molecule has 0 aliphatic heterocycles. The fraction of sp³-hybridized carbons (Fsp3) is 0.500. The van der Waals surface area contributed by atoms with Crippen LogP contribution in [0.4, 0.5) is 0 Å². The summed E-state index contributed by atoms with van der Waals surface area (Å²) in [5.41, 5.74) is 4.93. The summed E-state index contributed by atoms with van der Waals surface area (Å²) in [6.45, 7) is 0.261. The van der Waals surface area contributed by atoms with Gasteiger partial charge < -0.3 is 5.73 Å². The third kappa shape index (κ3) is 3.12. The third-order valence-electron chi connectivity index (χ3n) is 0.522. The van der Waals surface area contributed by atoms with E-state index in [9.17, 15) is 9.59 Å². The molecule has 0 aromatic heterocycles. The van der Waals surface area contributed by atoms with Gasteiger partial charge in [-0.2, -0.15) is 0 Å². The third-order valence-corrected chi connectivity index (χ3v) is 0.522. The van der Waals surface area contributed by atoms with Gasteiger partial charge >= 0.3 is 0 Å². The van der Waals surface area contributed by atoms with Gasteiger partial charge in [0.2, 0.25) is 0 Å². The molecule has 2 N–H and O–H groups in total. The first-order valence-corrected chi connectivity index (χ1v) is 1.99. The molecular formula is C4H7NO2. The minimum atomic E-state index is -0.428. The lowest BCUT2D eigenvalue weighted by Crippen LogP contribution is -2.07. The van der Waals surface area contributed by atoms with Gasteiger partial charge in [0, 0.05) is 6.42 Å². The monoisotopic (exact) mass is 101 g/mol. The van der Waals surface area contributed by atoms with Crippen molar-refractivity contribution in [2.75, 3.05) is 6.54 Å². The Morgan fingerprint density at radius 1 is 1.71 bits per heavy atom. The molecule has 0 atom stereocenters. The van der Waals surface area contributed by atoms with Crippen molar-refractivity contribution in [1.29, 1.82) is 0 Å². The second-order valence-electron chi connectivity index (χ2n) is 1.12. The van der Waals surface area contributed by atoms with E-state index >= 15 is 0 Å². The summed E-state index contributed by atoms with van der Waals surface area (Å²) in [6, 6.07) is 0. The van der Waals surface area contributed by atoms with Crippen LogP contribution in [-0.4, -0.2) is 18.6 Å². The number of nitrogens with two attached hydrogens (primary N) is 1. The van der Waals surface area contributed by atoms with E-state index in [2.05, 4.69) is 0 Å². The molecule has 3 nitrogen and oxygen atoms in total. The Hall–Kier alpha value is -0.700. The fourth-order valence-corrected chi connectivity index (χ4v) is 0.201. The minimum absolute atomic E-state index is 0.170. The maximum Gasteiger partial charge on any atom is 0.196 e. The highest BCUT2D eigenvalue weighted by Crippen LogP contribution is 1.70. The minimum Gasteiger partial charge on any atom is -0.330 e. The van der Waals surface area contributed by atoms with Gasteiger partial charge in [0.15, 0.2) is 12.1 Å². The van der Waals surface area contributed by atoms with E-state index in [4.69, 9.17) is 5.73 Å². The molecular weight excluding hydrogens is 94.0 g/mol. The Kier molecular flexibility index (Phi) is 3.14. The number of hydrogen-bond acceptors (Lipinski definition) is 3. The Bertz CT molecular complexity index is 79.8. The van der Waals surface area contributed by atoms with Crippen molar-refractivity contribution in [2.24, 2.45) is 5.73 Å². The number of aldehydes is 1. The topological polar surface area (TPSA) is 60.2 Å². The van der Waals surface area contributed by atoms with Crippen LogP contribution in [0, 0.1) is 0 Å². The number of ketones is 1. The lowest BCUT2D eigenvalue weighted by atomic mass is 10.3. The van der Waals surface area contributed by atoms with Gasteiger partial charge in [0.05, 0.1) is 0 Å². The Labute approximate surface area is 41.5 Å². The quantitative estimate of drug-likeness (QED) is 0.370. The first-order valence-electron chi connectivity index (χ1n) is 1.99. The van der Waals surface area contributed by atoms with Gasteiger partial charge in [0.25, 0.3) is 0 Å². The van der Waals surface area contributed by atoms with Crippen molar-refractivity contribution in [3.8, 4) is 0 Å². The zero-order chi connectivity index (χ0) is 5.70. The van der Waals surface area contributed by atoms with Crippen LogP contribution in [0.3, 0.4) is 0 Å². The van der Waals surface area contributed by atoms with E-state index in [1.54, 1.807) is 0 Å². The van der Waals surface area contributed by atoms with E-state index in [1.807, 2.05) is 0 Å². The molecule has 3 heteroatoms. The Morgan fingerprint density at radius 3 is 2.43 bits per heavy atom. The molecule has 0 saturated heterocycles. The van der Waals surface area contributed by atoms with Crippen LogP contribution in [0.15, 0.2) is 0 Å². The van der Waals surface area contributed by atoms with E-state index in [0.717, 1.165) is 0 Å². The molecule has 0 aromatic carbocycles. The van der Waals surface area contributed by atoms with Crippen LogP contribution in [-0.2, 0) is 9.59 Å². The van der Waals surface area contributed by atoms with Gasteiger partial charge in [0.1, 0.15) is 0 Å². The molecule has 0 radical (unpaired) electrons. The van der Waals surface area contributed by atoms with E-state index in [1.165, 1.54) is 0 Å². The van der Waals surface area contributed by atoms with Gasteiger partial charge in [-0.25, -0.2) is 0 Å². The van der Waals surface area contributed by atoms with Crippen molar-refractivity contribution >= 4 is 12.1 Å². The fourth-order valence-electron chi connectivity index (χ4n) is 0.201.